The summed E-state index contributed by atoms with van der Waals surface area (Å²) in [6.07, 6.45) is 2.02. The molecule has 100 valence electrons. The van der Waals surface area contributed by atoms with Crippen LogP contribution in [-0.2, 0) is 4.74 Å². The first kappa shape index (κ1) is 13.5. The second kappa shape index (κ2) is 6.30. The highest BCUT2D eigenvalue weighted by Crippen LogP contribution is 2.13. The van der Waals surface area contributed by atoms with Crippen molar-refractivity contribution in [1.82, 2.24) is 5.32 Å². The monoisotopic (exact) mass is 262 g/mol. The van der Waals surface area contributed by atoms with Crippen LogP contribution in [0.2, 0.25) is 0 Å². The number of nitrogens with zero attached hydrogens (tertiary/aromatic N) is 1. The minimum Gasteiger partial charge on any atom is -0.381 e. The lowest BCUT2D eigenvalue weighted by Gasteiger charge is -2.22. The molecule has 0 aliphatic carbocycles. The standard InChI is InChI=1S/C14H15FN2O2/c15-13-5-11(7-16)4-12(6-13)14(18)17-8-10-2-1-3-19-9-10/h4-6,10H,1-3,8-9H2,(H,17,18)/t10-/m0/s1. The van der Waals surface area contributed by atoms with Crippen molar-refractivity contribution in [2.75, 3.05) is 19.8 Å². The van der Waals surface area contributed by atoms with Gasteiger partial charge in [0.25, 0.3) is 5.91 Å². The molecule has 1 atom stereocenters. The summed E-state index contributed by atoms with van der Waals surface area (Å²) in [6, 6.07) is 5.45. The van der Waals surface area contributed by atoms with Gasteiger partial charge in [-0.25, -0.2) is 4.39 Å². The molecule has 1 saturated heterocycles. The second-order valence-corrected chi connectivity index (χ2v) is 4.63. The molecule has 1 aliphatic heterocycles. The summed E-state index contributed by atoms with van der Waals surface area (Å²) in [6.45, 7) is 1.93. The number of ether oxygens (including phenoxy) is 1. The summed E-state index contributed by atoms with van der Waals surface area (Å²) < 4.78 is 18.5. The van der Waals surface area contributed by atoms with Crippen LogP contribution in [-0.4, -0.2) is 25.7 Å². The highest BCUT2D eigenvalue weighted by Gasteiger charge is 2.16. The van der Waals surface area contributed by atoms with Gasteiger partial charge in [-0.1, -0.05) is 0 Å². The molecule has 0 radical (unpaired) electrons. The van der Waals surface area contributed by atoms with Gasteiger partial charge in [-0.2, -0.15) is 5.26 Å². The zero-order chi connectivity index (χ0) is 13.7. The van der Waals surface area contributed by atoms with Gasteiger partial charge >= 0.3 is 0 Å². The quantitative estimate of drug-likeness (QED) is 0.904. The van der Waals surface area contributed by atoms with E-state index in [1.807, 2.05) is 6.07 Å². The van der Waals surface area contributed by atoms with E-state index >= 15 is 0 Å². The van der Waals surface area contributed by atoms with Crippen molar-refractivity contribution >= 4 is 5.91 Å². The predicted octanol–water partition coefficient (Wildman–Crippen LogP) is 1.85. The Hall–Kier alpha value is -1.93. The topological polar surface area (TPSA) is 62.1 Å². The molecule has 1 amide bonds. The number of hydrogen-bond acceptors (Lipinski definition) is 3. The Morgan fingerprint density at radius 1 is 1.53 bits per heavy atom. The average Bonchev–Trinajstić information content (AvgIpc) is 2.45. The van der Waals surface area contributed by atoms with Crippen molar-refractivity contribution in [3.8, 4) is 6.07 Å². The Balaban J connectivity index is 1.95. The molecule has 1 heterocycles. The van der Waals surface area contributed by atoms with Crippen LogP contribution in [0.4, 0.5) is 4.39 Å². The molecule has 19 heavy (non-hydrogen) atoms. The van der Waals surface area contributed by atoms with E-state index in [1.165, 1.54) is 6.07 Å². The molecule has 0 bridgehead atoms. The predicted molar refractivity (Wildman–Crippen MR) is 67.0 cm³/mol. The van der Waals surface area contributed by atoms with Crippen molar-refractivity contribution in [2.45, 2.75) is 12.8 Å². The van der Waals surface area contributed by atoms with Gasteiger partial charge in [0.1, 0.15) is 5.82 Å². The molecule has 0 aromatic heterocycles. The number of nitrogens with one attached hydrogen (secondary N) is 1. The number of carbonyl (C=O) groups excluding carboxylic acids is 1. The van der Waals surface area contributed by atoms with Gasteiger partial charge < -0.3 is 10.1 Å². The van der Waals surface area contributed by atoms with E-state index in [4.69, 9.17) is 10.00 Å². The highest BCUT2D eigenvalue weighted by atomic mass is 19.1. The van der Waals surface area contributed by atoms with Gasteiger partial charge in [-0.3, -0.25) is 4.79 Å². The summed E-state index contributed by atoms with van der Waals surface area (Å²) in [5.41, 5.74) is 0.319. The van der Waals surface area contributed by atoms with E-state index in [9.17, 15) is 9.18 Å². The Kier molecular flexibility index (Phi) is 4.48. The molecule has 0 unspecified atom stereocenters. The third-order valence-electron chi connectivity index (χ3n) is 3.09. The number of carbonyl (C=O) groups is 1. The summed E-state index contributed by atoms with van der Waals surface area (Å²) >= 11 is 0. The Morgan fingerprint density at radius 2 is 2.37 bits per heavy atom. The van der Waals surface area contributed by atoms with E-state index < -0.39 is 5.82 Å². The molecule has 0 saturated carbocycles. The maximum Gasteiger partial charge on any atom is 0.251 e. The molecule has 1 fully saturated rings. The average molecular weight is 262 g/mol. The number of hydrogen-bond donors (Lipinski definition) is 1. The summed E-state index contributed by atoms with van der Waals surface area (Å²) in [4.78, 5) is 11.9. The van der Waals surface area contributed by atoms with Crippen molar-refractivity contribution in [2.24, 2.45) is 5.92 Å². The van der Waals surface area contributed by atoms with E-state index in [1.54, 1.807) is 0 Å². The van der Waals surface area contributed by atoms with Crippen LogP contribution in [0.5, 0.6) is 0 Å². The van der Waals surface area contributed by atoms with Gasteiger partial charge in [0, 0.05) is 18.7 Å². The first-order valence-corrected chi connectivity index (χ1v) is 6.25. The first-order valence-electron chi connectivity index (χ1n) is 6.25. The lowest BCUT2D eigenvalue weighted by molar-refractivity contribution is 0.0536. The highest BCUT2D eigenvalue weighted by molar-refractivity contribution is 5.94. The molecule has 4 nitrogen and oxygen atoms in total. The van der Waals surface area contributed by atoms with Crippen molar-refractivity contribution in [1.29, 1.82) is 5.26 Å². The fourth-order valence-corrected chi connectivity index (χ4v) is 2.09. The van der Waals surface area contributed by atoms with E-state index in [0.29, 0.717) is 19.1 Å². The molecule has 5 heteroatoms. The Morgan fingerprint density at radius 3 is 3.05 bits per heavy atom. The van der Waals surface area contributed by atoms with Gasteiger partial charge in [-0.05, 0) is 37.0 Å². The van der Waals surface area contributed by atoms with Gasteiger partial charge in [-0.15, -0.1) is 0 Å². The third-order valence-corrected chi connectivity index (χ3v) is 3.09. The number of halogens is 1. The fraction of sp³-hybridized carbons (Fsp3) is 0.429. The first-order chi connectivity index (χ1) is 9.19. The molecule has 2 rings (SSSR count). The second-order valence-electron chi connectivity index (χ2n) is 4.63. The van der Waals surface area contributed by atoms with Crippen LogP contribution in [0.3, 0.4) is 0 Å². The van der Waals surface area contributed by atoms with E-state index in [2.05, 4.69) is 5.32 Å². The molecule has 1 aromatic rings. The van der Waals surface area contributed by atoms with Crippen LogP contribution in [0, 0.1) is 23.1 Å². The fourth-order valence-electron chi connectivity index (χ4n) is 2.09. The van der Waals surface area contributed by atoms with Crippen molar-refractivity contribution < 1.29 is 13.9 Å². The summed E-state index contributed by atoms with van der Waals surface area (Å²) in [5, 5.41) is 11.5. The zero-order valence-corrected chi connectivity index (χ0v) is 10.5. The SMILES string of the molecule is N#Cc1cc(F)cc(C(=O)NC[C@@H]2CCCOC2)c1. The Bertz CT molecular complexity index is 505. The van der Waals surface area contributed by atoms with Gasteiger partial charge in [0.15, 0.2) is 0 Å². The van der Waals surface area contributed by atoms with Crippen LogP contribution in [0.15, 0.2) is 18.2 Å². The van der Waals surface area contributed by atoms with Gasteiger partial charge in [0.05, 0.1) is 18.2 Å². The van der Waals surface area contributed by atoms with Crippen LogP contribution in [0.25, 0.3) is 0 Å². The van der Waals surface area contributed by atoms with E-state index in [0.717, 1.165) is 31.6 Å². The van der Waals surface area contributed by atoms with Crippen LogP contribution >= 0.6 is 0 Å². The smallest absolute Gasteiger partial charge is 0.251 e. The van der Waals surface area contributed by atoms with Crippen LogP contribution < -0.4 is 5.32 Å². The number of rotatable bonds is 3. The molecule has 1 aromatic carbocycles. The van der Waals surface area contributed by atoms with Crippen molar-refractivity contribution in [3.63, 3.8) is 0 Å². The number of benzene rings is 1. The van der Waals surface area contributed by atoms with Gasteiger partial charge in [0.2, 0.25) is 0 Å². The molecule has 1 aliphatic rings. The maximum absolute atomic E-state index is 13.2. The molecular weight excluding hydrogens is 247 g/mol. The Labute approximate surface area is 111 Å². The number of amides is 1. The minimum atomic E-state index is -0.579. The minimum absolute atomic E-state index is 0.145. The maximum atomic E-state index is 13.2. The van der Waals surface area contributed by atoms with E-state index in [-0.39, 0.29) is 17.0 Å². The molecule has 1 N–H and O–H groups in total. The lowest BCUT2D eigenvalue weighted by Crippen LogP contribution is -2.33. The molecule has 0 spiro atoms. The zero-order valence-electron chi connectivity index (χ0n) is 10.5. The number of nitriles is 1. The normalized spacial score (nSPS) is 18.6. The third kappa shape index (κ3) is 3.76. The summed E-state index contributed by atoms with van der Waals surface area (Å²) in [7, 11) is 0. The van der Waals surface area contributed by atoms with Crippen LogP contribution in [0.1, 0.15) is 28.8 Å². The summed E-state index contributed by atoms with van der Waals surface area (Å²) in [5.74, 6) is -0.631. The molecular formula is C14H15FN2O2. The largest absolute Gasteiger partial charge is 0.381 e. The van der Waals surface area contributed by atoms with Crippen molar-refractivity contribution in [3.05, 3.63) is 35.1 Å². The lowest BCUT2D eigenvalue weighted by atomic mass is 10.0.